The molecule has 0 saturated heterocycles. The number of aromatic carboxylic acids is 1. The van der Waals surface area contributed by atoms with E-state index < -0.39 is 5.97 Å². The summed E-state index contributed by atoms with van der Waals surface area (Å²) in [6.45, 7) is 6.04. The minimum Gasteiger partial charge on any atom is -0.478 e. The number of rotatable bonds is 6. The summed E-state index contributed by atoms with van der Waals surface area (Å²) in [5.41, 5.74) is 1.46. The number of hydrogen-bond donors (Lipinski definition) is 3. The zero-order valence-corrected chi connectivity index (χ0v) is 12.6. The van der Waals surface area contributed by atoms with Crippen molar-refractivity contribution in [3.8, 4) is 0 Å². The normalized spacial score (nSPS) is 10.5. The summed E-state index contributed by atoms with van der Waals surface area (Å²) < 4.78 is 0. The molecule has 2 amide bonds. The maximum Gasteiger partial charge on any atom is 0.335 e. The summed E-state index contributed by atoms with van der Waals surface area (Å²) in [5, 5.41) is 20.6. The number of carbonyl (C=O) groups is 2. The van der Waals surface area contributed by atoms with Gasteiger partial charge in [-0.1, -0.05) is 0 Å². The number of urea groups is 1. The number of hydrogen-bond acceptors (Lipinski definition) is 3. The molecule has 1 aromatic carbocycles. The predicted molar refractivity (Wildman–Crippen MR) is 80.7 cm³/mol. The van der Waals surface area contributed by atoms with Gasteiger partial charge in [0.2, 0.25) is 0 Å². The van der Waals surface area contributed by atoms with Crippen LogP contribution in [-0.4, -0.2) is 46.3 Å². The Hall–Kier alpha value is -2.08. The van der Waals surface area contributed by atoms with Crippen molar-refractivity contribution < 1.29 is 19.8 Å². The lowest BCUT2D eigenvalue weighted by molar-refractivity contribution is 0.0696. The van der Waals surface area contributed by atoms with Gasteiger partial charge in [0, 0.05) is 24.9 Å². The molecule has 1 aromatic rings. The van der Waals surface area contributed by atoms with E-state index in [9.17, 15) is 9.59 Å². The zero-order valence-electron chi connectivity index (χ0n) is 12.6. The van der Waals surface area contributed by atoms with Crippen molar-refractivity contribution in [3.05, 3.63) is 29.3 Å². The van der Waals surface area contributed by atoms with E-state index in [1.807, 2.05) is 13.8 Å². The number of aliphatic hydroxyl groups excluding tert-OH is 1. The van der Waals surface area contributed by atoms with Gasteiger partial charge < -0.3 is 20.4 Å². The molecule has 0 fully saturated rings. The summed E-state index contributed by atoms with van der Waals surface area (Å²) in [6, 6.07) is 4.31. The lowest BCUT2D eigenvalue weighted by atomic mass is 10.1. The Balaban J connectivity index is 2.83. The van der Waals surface area contributed by atoms with Crippen molar-refractivity contribution in [2.24, 2.45) is 0 Å². The molecule has 6 nitrogen and oxygen atoms in total. The first-order valence-corrected chi connectivity index (χ1v) is 6.89. The Morgan fingerprint density at radius 3 is 2.48 bits per heavy atom. The second-order valence-electron chi connectivity index (χ2n) is 5.13. The molecule has 0 saturated carbocycles. The van der Waals surface area contributed by atoms with E-state index in [2.05, 4.69) is 5.32 Å². The van der Waals surface area contributed by atoms with Crippen LogP contribution in [0.1, 0.15) is 36.2 Å². The third kappa shape index (κ3) is 4.75. The largest absolute Gasteiger partial charge is 0.478 e. The van der Waals surface area contributed by atoms with Crippen molar-refractivity contribution in [2.75, 3.05) is 18.5 Å². The number of carbonyl (C=O) groups excluding carboxylic acids is 1. The van der Waals surface area contributed by atoms with E-state index in [0.29, 0.717) is 24.2 Å². The minimum atomic E-state index is -0.997. The molecule has 0 aromatic heterocycles. The topological polar surface area (TPSA) is 89.9 Å². The second kappa shape index (κ2) is 7.64. The fraction of sp³-hybridized carbons (Fsp3) is 0.467. The molecular formula is C15H22N2O4. The molecule has 0 atom stereocenters. The molecule has 0 aliphatic rings. The van der Waals surface area contributed by atoms with Crippen molar-refractivity contribution >= 4 is 17.7 Å². The Bertz CT molecular complexity index is 514. The number of amides is 2. The summed E-state index contributed by atoms with van der Waals surface area (Å²) in [5.74, 6) is -0.997. The first-order chi connectivity index (χ1) is 9.86. The van der Waals surface area contributed by atoms with Crippen LogP contribution in [0.15, 0.2) is 18.2 Å². The fourth-order valence-electron chi connectivity index (χ4n) is 1.96. The molecule has 0 heterocycles. The van der Waals surface area contributed by atoms with Gasteiger partial charge >= 0.3 is 12.0 Å². The van der Waals surface area contributed by atoms with Gasteiger partial charge in [0.25, 0.3) is 0 Å². The Morgan fingerprint density at radius 1 is 1.33 bits per heavy atom. The highest BCUT2D eigenvalue weighted by atomic mass is 16.4. The number of carboxylic acids is 1. The van der Waals surface area contributed by atoms with Crippen molar-refractivity contribution in [3.63, 3.8) is 0 Å². The van der Waals surface area contributed by atoms with E-state index in [-0.39, 0.29) is 24.2 Å². The lowest BCUT2D eigenvalue weighted by Gasteiger charge is -2.27. The number of nitrogens with zero attached hydrogens (tertiary/aromatic N) is 1. The van der Waals surface area contributed by atoms with Crippen LogP contribution >= 0.6 is 0 Å². The maximum atomic E-state index is 12.2. The van der Waals surface area contributed by atoms with Crippen LogP contribution in [0, 0.1) is 6.92 Å². The van der Waals surface area contributed by atoms with Gasteiger partial charge in [-0.3, -0.25) is 0 Å². The number of aryl methyl sites for hydroxylation is 1. The first kappa shape index (κ1) is 17.0. The van der Waals surface area contributed by atoms with Gasteiger partial charge in [-0.25, -0.2) is 9.59 Å². The third-order valence-electron chi connectivity index (χ3n) is 3.16. The van der Waals surface area contributed by atoms with Crippen molar-refractivity contribution in [1.82, 2.24) is 4.90 Å². The van der Waals surface area contributed by atoms with Crippen LogP contribution < -0.4 is 5.32 Å². The highest BCUT2D eigenvalue weighted by Gasteiger charge is 2.17. The highest BCUT2D eigenvalue weighted by molar-refractivity contribution is 5.92. The van der Waals surface area contributed by atoms with Gasteiger partial charge in [0.05, 0.1) is 5.56 Å². The first-order valence-electron chi connectivity index (χ1n) is 6.89. The van der Waals surface area contributed by atoms with Crippen LogP contribution in [-0.2, 0) is 0 Å². The third-order valence-corrected chi connectivity index (χ3v) is 3.16. The second-order valence-corrected chi connectivity index (χ2v) is 5.13. The van der Waals surface area contributed by atoms with Crippen LogP contribution in [0.5, 0.6) is 0 Å². The predicted octanol–water partition coefficient (Wildman–Crippen LogP) is 2.32. The number of benzene rings is 1. The van der Waals surface area contributed by atoms with E-state index >= 15 is 0 Å². The zero-order chi connectivity index (χ0) is 16.0. The molecule has 0 spiro atoms. The van der Waals surface area contributed by atoms with E-state index in [1.165, 1.54) is 12.1 Å². The molecular weight excluding hydrogens is 272 g/mol. The number of aliphatic hydroxyl groups is 1. The van der Waals surface area contributed by atoms with Crippen molar-refractivity contribution in [2.45, 2.75) is 33.2 Å². The molecule has 21 heavy (non-hydrogen) atoms. The molecule has 3 N–H and O–H groups in total. The molecule has 0 aliphatic carbocycles. The van der Waals surface area contributed by atoms with Gasteiger partial charge in [0.15, 0.2) is 0 Å². The molecule has 1 rings (SSSR count). The summed E-state index contributed by atoms with van der Waals surface area (Å²) in [6.07, 6.45) is 0.516. The SMILES string of the molecule is Cc1cc(C(=O)O)ccc1NC(=O)N(CCCO)C(C)C. The summed E-state index contributed by atoms with van der Waals surface area (Å²) >= 11 is 0. The average molecular weight is 294 g/mol. The molecule has 0 aliphatic heterocycles. The number of anilines is 1. The Morgan fingerprint density at radius 2 is 2.00 bits per heavy atom. The number of nitrogens with one attached hydrogen (secondary N) is 1. The van der Waals surface area contributed by atoms with E-state index in [1.54, 1.807) is 17.9 Å². The van der Waals surface area contributed by atoms with E-state index in [0.717, 1.165) is 0 Å². The minimum absolute atomic E-state index is 0.00940. The smallest absolute Gasteiger partial charge is 0.335 e. The van der Waals surface area contributed by atoms with E-state index in [4.69, 9.17) is 10.2 Å². The number of carboxylic acid groups (broad SMARTS) is 1. The van der Waals surface area contributed by atoms with Crippen LogP contribution in [0.4, 0.5) is 10.5 Å². The van der Waals surface area contributed by atoms with Crippen LogP contribution in [0.2, 0.25) is 0 Å². The lowest BCUT2D eigenvalue weighted by Crippen LogP contribution is -2.41. The Labute approximate surface area is 124 Å². The van der Waals surface area contributed by atoms with Gasteiger partial charge in [-0.2, -0.15) is 0 Å². The van der Waals surface area contributed by atoms with Crippen LogP contribution in [0.3, 0.4) is 0 Å². The molecule has 0 bridgehead atoms. The van der Waals surface area contributed by atoms with Gasteiger partial charge in [-0.05, 0) is 51.0 Å². The Kier molecular flexibility index (Phi) is 6.17. The van der Waals surface area contributed by atoms with Gasteiger partial charge in [-0.15, -0.1) is 0 Å². The molecule has 0 radical (unpaired) electrons. The average Bonchev–Trinajstić information content (AvgIpc) is 2.40. The molecule has 116 valence electrons. The molecule has 6 heteroatoms. The summed E-state index contributed by atoms with van der Waals surface area (Å²) in [4.78, 5) is 24.8. The monoisotopic (exact) mass is 294 g/mol. The summed E-state index contributed by atoms with van der Waals surface area (Å²) in [7, 11) is 0. The van der Waals surface area contributed by atoms with Gasteiger partial charge in [0.1, 0.15) is 0 Å². The molecule has 0 unspecified atom stereocenters. The quantitative estimate of drug-likeness (QED) is 0.751. The van der Waals surface area contributed by atoms with Crippen molar-refractivity contribution in [1.29, 1.82) is 0 Å². The van der Waals surface area contributed by atoms with Crippen LogP contribution in [0.25, 0.3) is 0 Å². The highest BCUT2D eigenvalue weighted by Crippen LogP contribution is 2.17. The maximum absolute atomic E-state index is 12.2. The standard InChI is InChI=1S/C15H22N2O4/c1-10(2)17(7-4-8-18)15(21)16-13-6-5-12(14(19)20)9-11(13)3/h5-6,9-10,18H,4,7-8H2,1-3H3,(H,16,21)(H,19,20). The fourth-order valence-corrected chi connectivity index (χ4v) is 1.96.